The van der Waals surface area contributed by atoms with Gasteiger partial charge in [-0.25, -0.2) is 8.42 Å². The van der Waals surface area contributed by atoms with Crippen molar-refractivity contribution in [2.45, 2.75) is 31.6 Å². The highest BCUT2D eigenvalue weighted by Gasteiger charge is 2.29. The van der Waals surface area contributed by atoms with Gasteiger partial charge in [-0.05, 0) is 62.1 Å². The van der Waals surface area contributed by atoms with E-state index in [2.05, 4.69) is 5.32 Å². The zero-order valence-corrected chi connectivity index (χ0v) is 17.1. The average Bonchev–Trinajstić information content (AvgIpc) is 3.21. The predicted octanol–water partition coefficient (Wildman–Crippen LogP) is 2.90. The number of ether oxygens (including phenoxy) is 1. The van der Waals surface area contributed by atoms with E-state index in [-0.39, 0.29) is 10.8 Å². The number of hydrogen-bond acceptors (Lipinski definition) is 4. The molecule has 1 fully saturated rings. The van der Waals surface area contributed by atoms with Gasteiger partial charge >= 0.3 is 0 Å². The van der Waals surface area contributed by atoms with Crippen LogP contribution in [0.3, 0.4) is 0 Å². The fourth-order valence-electron chi connectivity index (χ4n) is 3.23. The van der Waals surface area contributed by atoms with Crippen LogP contribution >= 0.6 is 0 Å². The summed E-state index contributed by atoms with van der Waals surface area (Å²) >= 11 is 0. The summed E-state index contributed by atoms with van der Waals surface area (Å²) in [6, 6.07) is 12.5. The van der Waals surface area contributed by atoms with Crippen molar-refractivity contribution in [3.05, 3.63) is 59.2 Å². The van der Waals surface area contributed by atoms with E-state index in [1.54, 1.807) is 19.1 Å². The maximum Gasteiger partial charge on any atom is 0.251 e. The van der Waals surface area contributed by atoms with Gasteiger partial charge in [0.1, 0.15) is 12.4 Å². The molecule has 0 atom stereocenters. The first kappa shape index (κ1) is 20.4. The van der Waals surface area contributed by atoms with Crippen LogP contribution in [0.4, 0.5) is 0 Å². The second-order valence-electron chi connectivity index (χ2n) is 7.01. The maximum atomic E-state index is 12.8. The number of hydrogen-bond donors (Lipinski definition) is 1. The van der Waals surface area contributed by atoms with E-state index in [1.165, 1.54) is 10.4 Å². The first-order chi connectivity index (χ1) is 13.4. The minimum absolute atomic E-state index is 0.207. The summed E-state index contributed by atoms with van der Waals surface area (Å²) in [5, 5.41) is 2.78. The highest BCUT2D eigenvalue weighted by molar-refractivity contribution is 7.89. The Morgan fingerprint density at radius 1 is 1.11 bits per heavy atom. The summed E-state index contributed by atoms with van der Waals surface area (Å²) in [6.07, 6.45) is 1.75. The molecule has 0 aliphatic carbocycles. The molecule has 6 nitrogen and oxygen atoms in total. The first-order valence-electron chi connectivity index (χ1n) is 9.46. The third-order valence-corrected chi connectivity index (χ3v) is 6.82. The molecule has 2 aromatic carbocycles. The number of nitrogens with zero attached hydrogens (tertiary/aromatic N) is 1. The monoisotopic (exact) mass is 402 g/mol. The molecular weight excluding hydrogens is 376 g/mol. The number of carbonyl (C=O) groups is 1. The second kappa shape index (κ2) is 8.75. The number of nitrogens with one attached hydrogen (secondary N) is 1. The lowest BCUT2D eigenvalue weighted by molar-refractivity contribution is 0.0946. The van der Waals surface area contributed by atoms with Gasteiger partial charge in [0.2, 0.25) is 10.0 Å². The molecule has 1 aliphatic heterocycles. The summed E-state index contributed by atoms with van der Waals surface area (Å²) in [4.78, 5) is 12.7. The largest absolute Gasteiger partial charge is 0.492 e. The smallest absolute Gasteiger partial charge is 0.251 e. The quantitative estimate of drug-likeness (QED) is 0.723. The van der Waals surface area contributed by atoms with Gasteiger partial charge in [0, 0.05) is 18.7 Å². The van der Waals surface area contributed by atoms with Crippen LogP contribution in [0, 0.1) is 13.8 Å². The van der Waals surface area contributed by atoms with Crippen molar-refractivity contribution < 1.29 is 17.9 Å². The van der Waals surface area contributed by atoms with Gasteiger partial charge in [0.15, 0.2) is 0 Å². The zero-order valence-electron chi connectivity index (χ0n) is 16.3. The summed E-state index contributed by atoms with van der Waals surface area (Å²) in [7, 11) is -3.56. The van der Waals surface area contributed by atoms with Crippen molar-refractivity contribution in [2.24, 2.45) is 0 Å². The van der Waals surface area contributed by atoms with Crippen molar-refractivity contribution >= 4 is 15.9 Å². The topological polar surface area (TPSA) is 75.7 Å². The van der Waals surface area contributed by atoms with E-state index in [0.717, 1.165) is 24.2 Å². The van der Waals surface area contributed by atoms with Crippen LogP contribution in [-0.4, -0.2) is 44.9 Å². The van der Waals surface area contributed by atoms with Crippen LogP contribution in [-0.2, 0) is 10.0 Å². The summed E-state index contributed by atoms with van der Waals surface area (Å²) < 4.78 is 32.8. The number of aryl methyl sites for hydroxylation is 2. The van der Waals surface area contributed by atoms with Crippen LogP contribution in [0.5, 0.6) is 5.75 Å². The average molecular weight is 403 g/mol. The lowest BCUT2D eigenvalue weighted by Gasteiger charge is -2.18. The normalized spacial score (nSPS) is 14.8. The Kier molecular flexibility index (Phi) is 6.36. The van der Waals surface area contributed by atoms with Crippen LogP contribution in [0.25, 0.3) is 0 Å². The summed E-state index contributed by atoms with van der Waals surface area (Å²) in [5.74, 6) is 0.439. The van der Waals surface area contributed by atoms with E-state index in [9.17, 15) is 13.2 Å². The number of benzene rings is 2. The van der Waals surface area contributed by atoms with Gasteiger partial charge in [-0.15, -0.1) is 0 Å². The molecule has 1 amide bonds. The maximum absolute atomic E-state index is 12.8. The van der Waals surface area contributed by atoms with Gasteiger partial charge in [-0.2, -0.15) is 4.31 Å². The molecular formula is C21H26N2O4S. The highest BCUT2D eigenvalue weighted by Crippen LogP contribution is 2.24. The fourth-order valence-corrected chi connectivity index (χ4v) is 5.00. The van der Waals surface area contributed by atoms with Crippen molar-refractivity contribution in [1.29, 1.82) is 0 Å². The molecule has 3 rings (SSSR count). The van der Waals surface area contributed by atoms with E-state index in [4.69, 9.17) is 4.74 Å². The van der Waals surface area contributed by atoms with Gasteiger partial charge in [-0.1, -0.05) is 18.2 Å². The molecule has 0 unspecified atom stereocenters. The van der Waals surface area contributed by atoms with E-state index < -0.39 is 10.0 Å². The first-order valence-corrected chi connectivity index (χ1v) is 10.9. The molecule has 1 N–H and O–H groups in total. The predicted molar refractivity (Wildman–Crippen MR) is 108 cm³/mol. The fraction of sp³-hybridized carbons (Fsp3) is 0.381. The molecule has 0 saturated carbocycles. The molecule has 1 saturated heterocycles. The summed E-state index contributed by atoms with van der Waals surface area (Å²) in [6.45, 7) is 5.47. The molecule has 0 aromatic heterocycles. The molecule has 150 valence electrons. The molecule has 7 heteroatoms. The summed E-state index contributed by atoms with van der Waals surface area (Å²) in [5.41, 5.74) is 2.08. The molecule has 0 spiro atoms. The molecule has 0 bridgehead atoms. The number of carbonyl (C=O) groups excluding carboxylic acids is 1. The minimum Gasteiger partial charge on any atom is -0.492 e. The second-order valence-corrected chi connectivity index (χ2v) is 8.92. The van der Waals surface area contributed by atoms with Crippen molar-refractivity contribution in [3.8, 4) is 5.75 Å². The Bertz CT molecular complexity index is 951. The molecule has 1 heterocycles. The SMILES string of the molecule is Cc1cccc(OCCNC(=O)c2ccc(C)c(S(=O)(=O)N3CCCC3)c2)c1. The Balaban J connectivity index is 1.62. The van der Waals surface area contributed by atoms with Crippen LogP contribution in [0.1, 0.15) is 34.3 Å². The van der Waals surface area contributed by atoms with E-state index in [1.807, 2.05) is 31.2 Å². The molecule has 0 radical (unpaired) electrons. The van der Waals surface area contributed by atoms with Crippen molar-refractivity contribution in [3.63, 3.8) is 0 Å². The minimum atomic E-state index is -3.56. The standard InChI is InChI=1S/C21H26N2O4S/c1-16-6-5-7-19(14-16)27-13-10-22-21(24)18-9-8-17(2)20(15-18)28(25,26)23-11-3-4-12-23/h5-9,14-15H,3-4,10-13H2,1-2H3,(H,22,24). The van der Waals surface area contributed by atoms with Crippen LogP contribution in [0.15, 0.2) is 47.4 Å². The molecule has 1 aliphatic rings. The molecule has 2 aromatic rings. The van der Waals surface area contributed by atoms with Crippen molar-refractivity contribution in [2.75, 3.05) is 26.2 Å². The van der Waals surface area contributed by atoms with Gasteiger partial charge in [0.05, 0.1) is 11.4 Å². The third kappa shape index (κ3) is 4.72. The number of sulfonamides is 1. The molecule has 28 heavy (non-hydrogen) atoms. The van der Waals surface area contributed by atoms with Gasteiger partial charge < -0.3 is 10.1 Å². The zero-order chi connectivity index (χ0) is 20.1. The van der Waals surface area contributed by atoms with E-state index in [0.29, 0.717) is 37.4 Å². The van der Waals surface area contributed by atoms with Crippen molar-refractivity contribution in [1.82, 2.24) is 9.62 Å². The third-order valence-electron chi connectivity index (χ3n) is 4.78. The Morgan fingerprint density at radius 3 is 2.57 bits per heavy atom. The van der Waals surface area contributed by atoms with Gasteiger partial charge in [0.25, 0.3) is 5.91 Å². The number of rotatable bonds is 7. The van der Waals surface area contributed by atoms with E-state index >= 15 is 0 Å². The van der Waals surface area contributed by atoms with Gasteiger partial charge in [-0.3, -0.25) is 4.79 Å². The Labute approximate surface area is 166 Å². The highest BCUT2D eigenvalue weighted by atomic mass is 32.2. The van der Waals surface area contributed by atoms with Crippen LogP contribution in [0.2, 0.25) is 0 Å². The lowest BCUT2D eigenvalue weighted by atomic mass is 10.1. The Morgan fingerprint density at radius 2 is 1.86 bits per heavy atom. The van der Waals surface area contributed by atoms with Crippen LogP contribution < -0.4 is 10.1 Å². The lowest BCUT2D eigenvalue weighted by Crippen LogP contribution is -2.30. The Hall–Kier alpha value is -2.38. The number of amides is 1.